The van der Waals surface area contributed by atoms with Crippen molar-refractivity contribution in [3.63, 3.8) is 0 Å². The Balaban J connectivity index is 1.83. The molecule has 0 heterocycles. The van der Waals surface area contributed by atoms with Crippen molar-refractivity contribution in [1.29, 1.82) is 0 Å². The molecule has 26 heavy (non-hydrogen) atoms. The summed E-state index contributed by atoms with van der Waals surface area (Å²) in [6.45, 7) is 3.98. The SMILES string of the molecule is CCCC1CC2CCC(c3ccc(OCC)c(F)c3F)C(F)(F)CC2C1. The van der Waals surface area contributed by atoms with E-state index < -0.39 is 23.5 Å². The summed E-state index contributed by atoms with van der Waals surface area (Å²) < 4.78 is 63.7. The van der Waals surface area contributed by atoms with E-state index in [1.807, 2.05) is 0 Å². The van der Waals surface area contributed by atoms with E-state index in [2.05, 4.69) is 6.92 Å². The molecule has 4 atom stereocenters. The fraction of sp³-hybridized carbons (Fsp3) is 0.714. The fourth-order valence-electron chi connectivity index (χ4n) is 5.13. The molecule has 0 amide bonds. The van der Waals surface area contributed by atoms with Crippen LogP contribution in [0.3, 0.4) is 0 Å². The van der Waals surface area contributed by atoms with Crippen LogP contribution in [-0.4, -0.2) is 12.5 Å². The molecule has 1 aromatic rings. The monoisotopic (exact) mass is 372 g/mol. The molecule has 0 aromatic heterocycles. The lowest BCUT2D eigenvalue weighted by Gasteiger charge is -2.27. The summed E-state index contributed by atoms with van der Waals surface area (Å²) in [4.78, 5) is 0. The molecular weight excluding hydrogens is 344 g/mol. The van der Waals surface area contributed by atoms with E-state index in [1.54, 1.807) is 6.92 Å². The van der Waals surface area contributed by atoms with E-state index in [-0.39, 0.29) is 42.6 Å². The van der Waals surface area contributed by atoms with Gasteiger partial charge < -0.3 is 4.74 Å². The van der Waals surface area contributed by atoms with Gasteiger partial charge in [-0.2, -0.15) is 4.39 Å². The maximum Gasteiger partial charge on any atom is 0.255 e. The number of halogens is 4. The van der Waals surface area contributed by atoms with Gasteiger partial charge in [0.15, 0.2) is 11.6 Å². The standard InChI is InChI=1S/C21H28F4O/c1-3-5-13-10-14-6-8-17(21(24,25)12-15(14)11-13)16-7-9-18(26-4-2)20(23)19(16)22/h7,9,13-15,17H,3-6,8,10-12H2,1-2H3. The number of hydrogen-bond acceptors (Lipinski definition) is 1. The van der Waals surface area contributed by atoms with Crippen molar-refractivity contribution in [3.05, 3.63) is 29.3 Å². The van der Waals surface area contributed by atoms with Crippen LogP contribution in [0.1, 0.15) is 70.3 Å². The van der Waals surface area contributed by atoms with Gasteiger partial charge in [-0.1, -0.05) is 25.8 Å². The van der Waals surface area contributed by atoms with Gasteiger partial charge in [-0.3, -0.25) is 0 Å². The van der Waals surface area contributed by atoms with E-state index in [1.165, 1.54) is 12.1 Å². The molecular formula is C21H28F4O. The number of hydrogen-bond donors (Lipinski definition) is 0. The van der Waals surface area contributed by atoms with Gasteiger partial charge in [-0.25, -0.2) is 13.2 Å². The van der Waals surface area contributed by atoms with Crippen molar-refractivity contribution < 1.29 is 22.3 Å². The van der Waals surface area contributed by atoms with Crippen LogP contribution in [0.5, 0.6) is 5.75 Å². The lowest BCUT2D eigenvalue weighted by atomic mass is 9.86. The summed E-state index contributed by atoms with van der Waals surface area (Å²) >= 11 is 0. The van der Waals surface area contributed by atoms with Crippen LogP contribution >= 0.6 is 0 Å². The van der Waals surface area contributed by atoms with Gasteiger partial charge in [-0.05, 0) is 56.4 Å². The first kappa shape index (κ1) is 19.5. The Hall–Kier alpha value is -1.26. The Morgan fingerprint density at radius 3 is 2.46 bits per heavy atom. The van der Waals surface area contributed by atoms with Gasteiger partial charge in [-0.15, -0.1) is 0 Å². The quantitative estimate of drug-likeness (QED) is 0.522. The predicted molar refractivity (Wildman–Crippen MR) is 93.7 cm³/mol. The molecule has 2 aliphatic rings. The summed E-state index contributed by atoms with van der Waals surface area (Å²) in [6.07, 6.45) is 4.69. The molecule has 146 valence electrons. The molecule has 2 aliphatic carbocycles. The average molecular weight is 372 g/mol. The van der Waals surface area contributed by atoms with E-state index in [9.17, 15) is 8.78 Å². The second-order valence-corrected chi connectivity index (χ2v) is 7.96. The highest BCUT2D eigenvalue weighted by molar-refractivity contribution is 5.34. The van der Waals surface area contributed by atoms with Crippen molar-refractivity contribution in [3.8, 4) is 5.75 Å². The van der Waals surface area contributed by atoms with Crippen LogP contribution in [0.2, 0.25) is 0 Å². The number of benzene rings is 1. The molecule has 0 spiro atoms. The van der Waals surface area contributed by atoms with E-state index in [0.717, 1.165) is 25.7 Å². The van der Waals surface area contributed by atoms with Gasteiger partial charge in [0.25, 0.3) is 5.92 Å². The van der Waals surface area contributed by atoms with Crippen LogP contribution in [0, 0.1) is 29.4 Å². The molecule has 0 bridgehead atoms. The first-order valence-electron chi connectivity index (χ1n) is 9.85. The highest BCUT2D eigenvalue weighted by Crippen LogP contribution is 2.54. The maximum absolute atomic E-state index is 15.0. The normalized spacial score (nSPS) is 30.7. The molecule has 1 nitrogen and oxygen atoms in total. The lowest BCUT2D eigenvalue weighted by Crippen LogP contribution is -2.28. The topological polar surface area (TPSA) is 9.23 Å². The van der Waals surface area contributed by atoms with E-state index in [4.69, 9.17) is 4.74 Å². The van der Waals surface area contributed by atoms with Crippen LogP contribution in [0.15, 0.2) is 12.1 Å². The molecule has 4 unspecified atom stereocenters. The Kier molecular flexibility index (Phi) is 5.83. The number of fused-ring (bicyclic) bond motifs is 1. The molecule has 3 rings (SSSR count). The van der Waals surface area contributed by atoms with Crippen molar-refractivity contribution in [1.82, 2.24) is 0 Å². The minimum absolute atomic E-state index is 0.00200. The third-order valence-corrected chi connectivity index (χ3v) is 6.26. The van der Waals surface area contributed by atoms with Crippen molar-refractivity contribution in [2.75, 3.05) is 6.61 Å². The zero-order valence-corrected chi connectivity index (χ0v) is 15.5. The highest BCUT2D eigenvalue weighted by atomic mass is 19.3. The zero-order chi connectivity index (χ0) is 18.9. The molecule has 0 N–H and O–H groups in total. The zero-order valence-electron chi connectivity index (χ0n) is 15.5. The molecule has 2 fully saturated rings. The smallest absolute Gasteiger partial charge is 0.255 e. The fourth-order valence-corrected chi connectivity index (χ4v) is 5.13. The molecule has 1 aromatic carbocycles. The number of alkyl halides is 2. The number of rotatable bonds is 5. The van der Waals surface area contributed by atoms with Crippen LogP contribution < -0.4 is 4.74 Å². The van der Waals surface area contributed by atoms with Crippen LogP contribution in [0.25, 0.3) is 0 Å². The summed E-state index contributed by atoms with van der Waals surface area (Å²) in [6, 6.07) is 2.55. The van der Waals surface area contributed by atoms with Crippen LogP contribution in [0.4, 0.5) is 17.6 Å². The summed E-state index contributed by atoms with van der Waals surface area (Å²) in [5.41, 5.74) is -0.207. The minimum atomic E-state index is -3.01. The van der Waals surface area contributed by atoms with Gasteiger partial charge in [0, 0.05) is 12.0 Å². The van der Waals surface area contributed by atoms with Crippen molar-refractivity contribution >= 4 is 0 Å². The van der Waals surface area contributed by atoms with Crippen LogP contribution in [-0.2, 0) is 0 Å². The van der Waals surface area contributed by atoms with Gasteiger partial charge >= 0.3 is 0 Å². The summed E-state index contributed by atoms with van der Waals surface area (Å²) in [5, 5.41) is 0. The first-order valence-corrected chi connectivity index (χ1v) is 9.85. The second-order valence-electron chi connectivity index (χ2n) is 7.96. The van der Waals surface area contributed by atoms with Crippen molar-refractivity contribution in [2.24, 2.45) is 17.8 Å². The minimum Gasteiger partial charge on any atom is -0.491 e. The summed E-state index contributed by atoms with van der Waals surface area (Å²) in [7, 11) is 0. The molecule has 2 saturated carbocycles. The maximum atomic E-state index is 15.0. The highest BCUT2D eigenvalue weighted by Gasteiger charge is 2.50. The van der Waals surface area contributed by atoms with E-state index in [0.29, 0.717) is 12.3 Å². The van der Waals surface area contributed by atoms with Gasteiger partial charge in [0.2, 0.25) is 5.82 Å². The average Bonchev–Trinajstić information content (AvgIpc) is 2.89. The summed E-state index contributed by atoms with van der Waals surface area (Å²) in [5.74, 6) is -6.00. The Morgan fingerprint density at radius 1 is 1.04 bits per heavy atom. The first-order chi connectivity index (χ1) is 12.4. The predicted octanol–water partition coefficient (Wildman–Crippen LogP) is 6.71. The molecule has 0 aliphatic heterocycles. The van der Waals surface area contributed by atoms with E-state index >= 15 is 8.78 Å². The van der Waals surface area contributed by atoms with Gasteiger partial charge in [0.1, 0.15) is 0 Å². The van der Waals surface area contributed by atoms with Crippen molar-refractivity contribution in [2.45, 2.75) is 70.6 Å². The molecule has 0 saturated heterocycles. The second kappa shape index (κ2) is 7.77. The largest absolute Gasteiger partial charge is 0.491 e. The Bertz CT molecular complexity index is 631. The lowest BCUT2D eigenvalue weighted by molar-refractivity contribution is -0.0463. The third-order valence-electron chi connectivity index (χ3n) is 6.26. The van der Waals surface area contributed by atoms with Gasteiger partial charge in [0.05, 0.1) is 12.5 Å². The molecule has 5 heteroatoms. The molecule has 0 radical (unpaired) electrons. The third kappa shape index (κ3) is 3.72. The Morgan fingerprint density at radius 2 is 1.77 bits per heavy atom. The Labute approximate surface area is 153 Å². The number of ether oxygens (including phenoxy) is 1.